The molecule has 0 bridgehead atoms. The second-order valence-electron chi connectivity index (χ2n) is 5.06. The summed E-state index contributed by atoms with van der Waals surface area (Å²) in [6, 6.07) is 2.25. The Morgan fingerprint density at radius 3 is 2.60 bits per heavy atom. The van der Waals surface area contributed by atoms with E-state index in [4.69, 9.17) is 5.73 Å². The second-order valence-corrected chi connectivity index (χ2v) is 5.06. The van der Waals surface area contributed by atoms with Crippen LogP contribution in [0.15, 0.2) is 6.07 Å². The summed E-state index contributed by atoms with van der Waals surface area (Å²) in [5.41, 5.74) is 8.32. The van der Waals surface area contributed by atoms with Crippen molar-refractivity contribution in [1.29, 1.82) is 0 Å². The van der Waals surface area contributed by atoms with Gasteiger partial charge in [0.05, 0.1) is 11.4 Å². The molecule has 0 spiro atoms. The third kappa shape index (κ3) is 2.40. The van der Waals surface area contributed by atoms with Gasteiger partial charge in [0.25, 0.3) is 0 Å². The molecule has 1 atom stereocenters. The predicted molar refractivity (Wildman–Crippen MR) is 61.6 cm³/mol. The van der Waals surface area contributed by atoms with Crippen molar-refractivity contribution in [1.82, 2.24) is 9.78 Å². The Hall–Kier alpha value is -0.830. The molecule has 0 unspecified atom stereocenters. The van der Waals surface area contributed by atoms with Gasteiger partial charge in [-0.1, -0.05) is 13.8 Å². The number of aromatic nitrogens is 2. The van der Waals surface area contributed by atoms with Gasteiger partial charge in [0.2, 0.25) is 0 Å². The topological polar surface area (TPSA) is 43.8 Å². The molecule has 1 aromatic heterocycles. The van der Waals surface area contributed by atoms with Gasteiger partial charge in [0.15, 0.2) is 0 Å². The molecular weight excluding hydrogens is 186 g/mol. The van der Waals surface area contributed by atoms with E-state index in [-0.39, 0.29) is 6.04 Å². The van der Waals surface area contributed by atoms with E-state index < -0.39 is 0 Å². The predicted octanol–water partition coefficient (Wildman–Crippen LogP) is 2.44. The molecule has 84 valence electrons. The van der Waals surface area contributed by atoms with Gasteiger partial charge >= 0.3 is 0 Å². The molecule has 3 nitrogen and oxygen atoms in total. The first-order valence-electron chi connectivity index (χ1n) is 5.91. The van der Waals surface area contributed by atoms with Crippen molar-refractivity contribution in [3.63, 3.8) is 0 Å². The average Bonchev–Trinajstić information content (AvgIpc) is 2.82. The highest BCUT2D eigenvalue weighted by Gasteiger charge is 2.24. The first-order chi connectivity index (χ1) is 7.08. The van der Waals surface area contributed by atoms with Crippen LogP contribution in [0.2, 0.25) is 0 Å². The fraction of sp³-hybridized carbons (Fsp3) is 0.750. The molecule has 15 heavy (non-hydrogen) atoms. The van der Waals surface area contributed by atoms with Crippen molar-refractivity contribution in [2.24, 2.45) is 11.7 Å². The molecule has 1 saturated carbocycles. The van der Waals surface area contributed by atoms with Crippen molar-refractivity contribution in [2.45, 2.75) is 52.1 Å². The van der Waals surface area contributed by atoms with E-state index in [9.17, 15) is 0 Å². The Bertz CT molecular complexity index is 335. The lowest BCUT2D eigenvalue weighted by molar-refractivity contribution is 0.516. The molecular formula is C12H21N3. The number of rotatable bonds is 4. The quantitative estimate of drug-likeness (QED) is 0.824. The molecule has 1 heterocycles. The zero-order chi connectivity index (χ0) is 11.0. The van der Waals surface area contributed by atoms with Gasteiger partial charge in [-0.3, -0.25) is 4.68 Å². The largest absolute Gasteiger partial charge is 0.323 e. The van der Waals surface area contributed by atoms with Crippen LogP contribution in [0.3, 0.4) is 0 Å². The van der Waals surface area contributed by atoms with E-state index in [0.717, 1.165) is 12.5 Å². The van der Waals surface area contributed by atoms with Crippen LogP contribution in [0, 0.1) is 5.92 Å². The van der Waals surface area contributed by atoms with Gasteiger partial charge in [-0.2, -0.15) is 5.10 Å². The zero-order valence-electron chi connectivity index (χ0n) is 9.90. The minimum atomic E-state index is 0.0868. The molecule has 1 fully saturated rings. The summed E-state index contributed by atoms with van der Waals surface area (Å²) in [6.45, 7) is 7.44. The molecule has 2 rings (SSSR count). The average molecular weight is 207 g/mol. The molecule has 1 aromatic rings. The lowest BCUT2D eigenvalue weighted by Gasteiger charge is -2.08. The number of nitrogens with two attached hydrogens (primary N) is 1. The Balaban J connectivity index is 2.23. The number of nitrogens with zero attached hydrogens (tertiary/aromatic N) is 2. The molecule has 0 saturated heterocycles. The maximum atomic E-state index is 5.96. The maximum absolute atomic E-state index is 5.96. The molecule has 0 radical (unpaired) electrons. The summed E-state index contributed by atoms with van der Waals surface area (Å²) in [5, 5.41) is 4.65. The Morgan fingerprint density at radius 1 is 1.47 bits per heavy atom. The minimum Gasteiger partial charge on any atom is -0.323 e. The minimum absolute atomic E-state index is 0.0868. The fourth-order valence-corrected chi connectivity index (χ4v) is 1.79. The van der Waals surface area contributed by atoms with Gasteiger partial charge in [-0.05, 0) is 37.7 Å². The number of hydrogen-bond acceptors (Lipinski definition) is 2. The van der Waals surface area contributed by atoms with E-state index in [2.05, 4.69) is 29.7 Å². The van der Waals surface area contributed by atoms with E-state index in [1.54, 1.807) is 0 Å². The SMILES string of the molecule is CC(C)c1cc([C@@H](C)N)n(CC2CC2)n1. The molecule has 1 aliphatic rings. The highest BCUT2D eigenvalue weighted by Crippen LogP contribution is 2.31. The summed E-state index contributed by atoms with van der Waals surface area (Å²) in [5.74, 6) is 1.34. The van der Waals surface area contributed by atoms with Gasteiger partial charge in [0.1, 0.15) is 0 Å². The number of hydrogen-bond donors (Lipinski definition) is 1. The lowest BCUT2D eigenvalue weighted by Crippen LogP contribution is -2.14. The molecule has 1 aliphatic carbocycles. The van der Waals surface area contributed by atoms with Crippen LogP contribution in [-0.4, -0.2) is 9.78 Å². The fourth-order valence-electron chi connectivity index (χ4n) is 1.79. The highest BCUT2D eigenvalue weighted by molar-refractivity contribution is 5.16. The Labute approximate surface area is 91.7 Å². The third-order valence-corrected chi connectivity index (χ3v) is 3.02. The van der Waals surface area contributed by atoms with Crippen molar-refractivity contribution in [3.05, 3.63) is 17.5 Å². The van der Waals surface area contributed by atoms with Crippen LogP contribution in [0.5, 0.6) is 0 Å². The van der Waals surface area contributed by atoms with Crippen LogP contribution < -0.4 is 5.73 Å². The summed E-state index contributed by atoms with van der Waals surface area (Å²) >= 11 is 0. The van der Waals surface area contributed by atoms with Crippen LogP contribution in [0.4, 0.5) is 0 Å². The molecule has 2 N–H and O–H groups in total. The first kappa shape index (κ1) is 10.7. The van der Waals surface area contributed by atoms with E-state index in [0.29, 0.717) is 5.92 Å². The standard InChI is InChI=1S/C12H21N3/c1-8(2)11-6-12(9(3)13)15(14-11)7-10-4-5-10/h6,8-10H,4-5,7,13H2,1-3H3/t9-/m1/s1. The second kappa shape index (κ2) is 3.97. The van der Waals surface area contributed by atoms with E-state index >= 15 is 0 Å². The van der Waals surface area contributed by atoms with E-state index in [1.807, 2.05) is 6.92 Å². The Morgan fingerprint density at radius 2 is 2.13 bits per heavy atom. The molecule has 0 amide bonds. The summed E-state index contributed by atoms with van der Waals surface area (Å²) < 4.78 is 2.12. The third-order valence-electron chi connectivity index (χ3n) is 3.02. The molecule has 0 aliphatic heterocycles. The summed E-state index contributed by atoms with van der Waals surface area (Å²) in [6.07, 6.45) is 2.71. The van der Waals surface area contributed by atoms with Gasteiger partial charge < -0.3 is 5.73 Å². The monoisotopic (exact) mass is 207 g/mol. The normalized spacial score (nSPS) is 18.5. The Kier molecular flexibility index (Phi) is 2.83. The highest BCUT2D eigenvalue weighted by atomic mass is 15.3. The van der Waals surface area contributed by atoms with Crippen molar-refractivity contribution in [3.8, 4) is 0 Å². The van der Waals surface area contributed by atoms with Gasteiger partial charge in [-0.15, -0.1) is 0 Å². The summed E-state index contributed by atoms with van der Waals surface area (Å²) in [4.78, 5) is 0. The molecule has 3 heteroatoms. The first-order valence-corrected chi connectivity index (χ1v) is 5.91. The van der Waals surface area contributed by atoms with Crippen molar-refractivity contribution >= 4 is 0 Å². The molecule has 0 aromatic carbocycles. The van der Waals surface area contributed by atoms with Gasteiger partial charge in [0, 0.05) is 12.6 Å². The van der Waals surface area contributed by atoms with Crippen LogP contribution in [0.1, 0.15) is 57.0 Å². The smallest absolute Gasteiger partial charge is 0.0653 e. The van der Waals surface area contributed by atoms with E-state index in [1.165, 1.54) is 24.2 Å². The zero-order valence-corrected chi connectivity index (χ0v) is 9.90. The summed E-state index contributed by atoms with van der Waals surface area (Å²) in [7, 11) is 0. The van der Waals surface area contributed by atoms with Crippen LogP contribution in [-0.2, 0) is 6.54 Å². The van der Waals surface area contributed by atoms with Crippen LogP contribution in [0.25, 0.3) is 0 Å². The van der Waals surface area contributed by atoms with Gasteiger partial charge in [-0.25, -0.2) is 0 Å². The maximum Gasteiger partial charge on any atom is 0.0653 e. The lowest BCUT2D eigenvalue weighted by atomic mass is 10.1. The van der Waals surface area contributed by atoms with Crippen molar-refractivity contribution in [2.75, 3.05) is 0 Å². The van der Waals surface area contributed by atoms with Crippen LogP contribution >= 0.6 is 0 Å². The van der Waals surface area contributed by atoms with Crippen molar-refractivity contribution < 1.29 is 0 Å².